The topological polar surface area (TPSA) is 154 Å². The van der Waals surface area contributed by atoms with Crippen LogP contribution in [0.4, 0.5) is 17.6 Å². The highest BCUT2D eigenvalue weighted by molar-refractivity contribution is 5.81. The summed E-state index contributed by atoms with van der Waals surface area (Å²) in [5.74, 6) is -2.42. The Labute approximate surface area is 223 Å². The van der Waals surface area contributed by atoms with Crippen LogP contribution in [0.1, 0.15) is 31.3 Å². The van der Waals surface area contributed by atoms with E-state index < -0.39 is 24.1 Å². The first-order chi connectivity index (χ1) is 18.8. The number of nitrogens with zero attached hydrogens (tertiary/aromatic N) is 3. The third-order valence-corrected chi connectivity index (χ3v) is 6.23. The Morgan fingerprint density at radius 1 is 1.27 bits per heavy atom. The molecule has 5 rings (SSSR count). The number of carboxylic acid groups (broad SMARTS) is 1. The van der Waals surface area contributed by atoms with Crippen molar-refractivity contribution in [2.75, 3.05) is 19.7 Å². The summed E-state index contributed by atoms with van der Waals surface area (Å²) in [6.45, 7) is 2.67. The number of nitrogens with one attached hydrogen (secondary N) is 1. The molecule has 1 unspecified atom stereocenters. The third kappa shape index (κ3) is 6.54. The minimum atomic E-state index is -5.08. The van der Waals surface area contributed by atoms with Crippen molar-refractivity contribution < 1.29 is 46.8 Å². The van der Waals surface area contributed by atoms with E-state index in [9.17, 15) is 32.6 Å². The van der Waals surface area contributed by atoms with Gasteiger partial charge in [0.05, 0.1) is 17.2 Å². The number of ether oxygens (including phenoxy) is 1. The van der Waals surface area contributed by atoms with Gasteiger partial charge in [0.1, 0.15) is 24.3 Å². The second-order valence-corrected chi connectivity index (χ2v) is 9.22. The van der Waals surface area contributed by atoms with Gasteiger partial charge in [-0.3, -0.25) is 9.47 Å². The molecule has 1 saturated heterocycles. The van der Waals surface area contributed by atoms with E-state index in [2.05, 4.69) is 9.97 Å². The molecule has 3 heterocycles. The number of aliphatic carboxylic acids is 1. The van der Waals surface area contributed by atoms with Gasteiger partial charge in [0.2, 0.25) is 0 Å². The van der Waals surface area contributed by atoms with Gasteiger partial charge in [-0.1, -0.05) is 0 Å². The van der Waals surface area contributed by atoms with Gasteiger partial charge in [-0.05, 0) is 37.5 Å². The zero-order valence-corrected chi connectivity index (χ0v) is 21.1. The van der Waals surface area contributed by atoms with Crippen molar-refractivity contribution in [3.8, 4) is 11.5 Å². The largest absolute Gasteiger partial charge is 0.508 e. The molecule has 2 aromatic carbocycles. The van der Waals surface area contributed by atoms with E-state index in [0.717, 1.165) is 19.3 Å². The Hall–Kier alpha value is -4.11. The van der Waals surface area contributed by atoms with Gasteiger partial charge in [-0.25, -0.2) is 19.0 Å². The van der Waals surface area contributed by atoms with E-state index in [1.807, 2.05) is 4.90 Å². The number of aromatic hydroxyl groups is 1. The van der Waals surface area contributed by atoms with Gasteiger partial charge < -0.3 is 29.5 Å². The first kappa shape index (κ1) is 28.9. The maximum Gasteiger partial charge on any atom is 0.490 e. The molecule has 0 aliphatic carbocycles. The van der Waals surface area contributed by atoms with Crippen molar-refractivity contribution in [1.29, 1.82) is 0 Å². The fourth-order valence-corrected chi connectivity index (χ4v) is 4.59. The molecule has 0 spiro atoms. The maximum atomic E-state index is 13.6. The summed E-state index contributed by atoms with van der Waals surface area (Å²) in [6.07, 6.45) is -3.56. The number of halogens is 4. The Kier molecular flexibility index (Phi) is 8.34. The van der Waals surface area contributed by atoms with Crippen LogP contribution in [-0.4, -0.2) is 72.7 Å². The van der Waals surface area contributed by atoms with E-state index in [4.69, 9.17) is 19.1 Å². The molecule has 0 saturated carbocycles. The minimum Gasteiger partial charge on any atom is -0.508 e. The van der Waals surface area contributed by atoms with Crippen molar-refractivity contribution in [2.45, 2.75) is 44.6 Å². The van der Waals surface area contributed by atoms with Crippen molar-refractivity contribution >= 4 is 28.1 Å². The van der Waals surface area contributed by atoms with Crippen LogP contribution >= 0.6 is 0 Å². The number of fused-ring (bicyclic) bond motifs is 2. The summed E-state index contributed by atoms with van der Waals surface area (Å²) in [7, 11) is 0. The molecule has 11 nitrogen and oxygen atoms in total. The number of alkyl halides is 3. The molecule has 0 amide bonds. The van der Waals surface area contributed by atoms with Gasteiger partial charge in [-0.2, -0.15) is 13.2 Å². The van der Waals surface area contributed by atoms with Crippen LogP contribution in [0.15, 0.2) is 39.5 Å². The van der Waals surface area contributed by atoms with Gasteiger partial charge >= 0.3 is 17.8 Å². The highest BCUT2D eigenvalue weighted by Gasteiger charge is 2.38. The Morgan fingerprint density at radius 3 is 2.70 bits per heavy atom. The number of aromatic amines is 1. The number of hydrogen-bond donors (Lipinski definition) is 4. The molecule has 216 valence electrons. The van der Waals surface area contributed by atoms with E-state index in [-0.39, 0.29) is 30.8 Å². The van der Waals surface area contributed by atoms with Gasteiger partial charge in [0.15, 0.2) is 22.7 Å². The molecule has 1 aliphatic rings. The van der Waals surface area contributed by atoms with Crippen LogP contribution in [-0.2, 0) is 4.79 Å². The van der Waals surface area contributed by atoms with Crippen molar-refractivity contribution in [3.05, 3.63) is 52.5 Å². The number of aromatic nitrogens is 3. The second-order valence-electron chi connectivity index (χ2n) is 9.22. The van der Waals surface area contributed by atoms with E-state index in [0.29, 0.717) is 40.3 Å². The highest BCUT2D eigenvalue weighted by atomic mass is 19.4. The summed E-state index contributed by atoms with van der Waals surface area (Å²) in [5.41, 5.74) is 1.66. The highest BCUT2D eigenvalue weighted by Crippen LogP contribution is 2.32. The quantitative estimate of drug-likeness (QED) is 0.254. The predicted octanol–water partition coefficient (Wildman–Crippen LogP) is 3.68. The number of rotatable bonds is 6. The van der Waals surface area contributed by atoms with Crippen LogP contribution in [0.25, 0.3) is 22.1 Å². The molecule has 1 aliphatic heterocycles. The number of aliphatic hydroxyl groups is 1. The number of phenolic OH excluding ortho intramolecular Hbond substituents is 1. The maximum absolute atomic E-state index is 13.6. The number of H-pyrrole nitrogens is 1. The molecule has 2 atom stereocenters. The summed E-state index contributed by atoms with van der Waals surface area (Å²) in [6, 6.07) is 7.14. The number of carboxylic acids is 1. The molecule has 4 N–H and O–H groups in total. The lowest BCUT2D eigenvalue weighted by atomic mass is 10.1. The number of imidazole rings is 1. The summed E-state index contributed by atoms with van der Waals surface area (Å²) in [4.78, 5) is 30.6. The Bertz CT molecular complexity index is 1560. The monoisotopic (exact) mass is 570 g/mol. The predicted molar refractivity (Wildman–Crippen MR) is 133 cm³/mol. The van der Waals surface area contributed by atoms with Gasteiger partial charge in [0, 0.05) is 32.1 Å². The fraction of sp³-hybridized carbons (Fsp3) is 0.400. The fourth-order valence-electron chi connectivity index (χ4n) is 4.59. The second kappa shape index (κ2) is 11.6. The number of hydrogen-bond acceptors (Lipinski definition) is 8. The number of aryl methyl sites for hydroxylation is 1. The summed E-state index contributed by atoms with van der Waals surface area (Å²) >= 11 is 0. The molecule has 40 heavy (non-hydrogen) atoms. The first-order valence-corrected chi connectivity index (χ1v) is 12.2. The normalized spacial score (nSPS) is 17.0. The van der Waals surface area contributed by atoms with Crippen LogP contribution in [0.3, 0.4) is 0 Å². The van der Waals surface area contributed by atoms with Crippen molar-refractivity contribution in [3.63, 3.8) is 0 Å². The number of β-amino-alcohol motifs (C(OH)–C–C–N with tert-alkyl or cyclic N) is 1. The molecule has 0 bridgehead atoms. The average molecular weight is 570 g/mol. The number of benzene rings is 2. The number of phenols is 1. The Morgan fingerprint density at radius 2 is 2.00 bits per heavy atom. The number of carbonyl (C=O) groups is 1. The number of piperidine rings is 1. The van der Waals surface area contributed by atoms with E-state index in [1.165, 1.54) is 24.3 Å². The number of oxazole rings is 1. The van der Waals surface area contributed by atoms with E-state index in [1.54, 1.807) is 17.6 Å². The smallest absolute Gasteiger partial charge is 0.490 e. The lowest BCUT2D eigenvalue weighted by molar-refractivity contribution is -0.192. The SMILES string of the molecule is Cc1nc2c(OC[C@@H](O)CN3CCCCC3n3c(=O)[nH]c4cc(F)ccc43)cc(O)cc2o1.O=C(O)C(F)(F)F. The zero-order valence-electron chi connectivity index (χ0n) is 21.1. The summed E-state index contributed by atoms with van der Waals surface area (Å²) in [5, 5.41) is 27.8. The molecule has 0 radical (unpaired) electrons. The lowest BCUT2D eigenvalue weighted by Gasteiger charge is -2.37. The van der Waals surface area contributed by atoms with E-state index >= 15 is 0 Å². The molecule has 15 heteroatoms. The molecular weight excluding hydrogens is 544 g/mol. The molecular formula is C25H26F4N4O7. The zero-order chi connectivity index (χ0) is 29.2. The van der Waals surface area contributed by atoms with Gasteiger partial charge in [0.25, 0.3) is 0 Å². The Balaban J connectivity index is 0.000000470. The molecule has 4 aromatic rings. The van der Waals surface area contributed by atoms with Crippen LogP contribution in [0.5, 0.6) is 11.5 Å². The van der Waals surface area contributed by atoms with Crippen LogP contribution in [0, 0.1) is 12.7 Å². The van der Waals surface area contributed by atoms with Crippen LogP contribution in [0.2, 0.25) is 0 Å². The number of aliphatic hydroxyl groups excluding tert-OH is 1. The lowest BCUT2D eigenvalue weighted by Crippen LogP contribution is -2.45. The third-order valence-electron chi connectivity index (χ3n) is 6.23. The number of likely N-dealkylation sites (tertiary alicyclic amines) is 1. The van der Waals surface area contributed by atoms with Gasteiger partial charge in [-0.15, -0.1) is 0 Å². The van der Waals surface area contributed by atoms with Crippen molar-refractivity contribution in [1.82, 2.24) is 19.4 Å². The first-order valence-electron chi connectivity index (χ1n) is 12.2. The summed E-state index contributed by atoms with van der Waals surface area (Å²) < 4.78 is 58.2. The molecule has 2 aromatic heterocycles. The minimum absolute atomic E-state index is 0.0191. The van der Waals surface area contributed by atoms with Crippen molar-refractivity contribution in [2.24, 2.45) is 0 Å². The standard InChI is InChI=1S/C23H25FN4O5.C2HF3O2/c1-13-25-22-19(9-15(29)10-20(22)33-13)32-12-16(30)11-27-7-3-2-4-21(27)28-18-6-5-14(24)8-17(18)26-23(28)31;3-2(4,5)1(6)7/h5-6,8-10,16,21,29-30H,2-4,7,11-12H2,1H3,(H,26,31);(H,6,7)/t16-,21?;/m0./s1. The average Bonchev–Trinajstić information content (AvgIpc) is 3.40. The van der Waals surface area contributed by atoms with Crippen LogP contribution < -0.4 is 10.4 Å². The molecule has 1 fully saturated rings.